The van der Waals surface area contributed by atoms with Gasteiger partial charge >= 0.3 is 0 Å². The fourth-order valence-corrected chi connectivity index (χ4v) is 4.66. The summed E-state index contributed by atoms with van der Waals surface area (Å²) in [6, 6.07) is 11.5. The number of amides is 2. The molecule has 1 N–H and O–H groups in total. The number of pyridine rings is 1. The van der Waals surface area contributed by atoms with Crippen molar-refractivity contribution in [2.24, 2.45) is 5.92 Å². The number of hydrogen-bond donors (Lipinski definition) is 1. The van der Waals surface area contributed by atoms with Crippen LogP contribution in [0.4, 0.5) is 11.4 Å². The van der Waals surface area contributed by atoms with E-state index in [0.29, 0.717) is 17.1 Å². The molecule has 0 spiro atoms. The van der Waals surface area contributed by atoms with E-state index in [1.807, 2.05) is 54.4 Å². The van der Waals surface area contributed by atoms with Crippen molar-refractivity contribution in [3.05, 3.63) is 59.5 Å². The number of carbonyl (C=O) groups excluding carboxylic acids is 2. The molecular weight excluding hydrogens is 364 g/mol. The smallest absolute Gasteiger partial charge is 0.274 e. The van der Waals surface area contributed by atoms with E-state index in [4.69, 9.17) is 0 Å². The number of hydrogen-bond acceptors (Lipinski definition) is 3. The predicted molar refractivity (Wildman–Crippen MR) is 112 cm³/mol. The van der Waals surface area contributed by atoms with Crippen molar-refractivity contribution in [1.29, 1.82) is 0 Å². The summed E-state index contributed by atoms with van der Waals surface area (Å²) >= 11 is 0. The van der Waals surface area contributed by atoms with Crippen molar-refractivity contribution in [1.82, 2.24) is 9.38 Å². The van der Waals surface area contributed by atoms with Crippen LogP contribution in [0.2, 0.25) is 0 Å². The molecular formula is C23H24N4O2. The molecule has 0 radical (unpaired) electrons. The maximum absolute atomic E-state index is 13.0. The number of nitrogens with one attached hydrogen (secondary N) is 1. The first-order valence-electron chi connectivity index (χ1n) is 10.3. The Morgan fingerprint density at radius 1 is 1.14 bits per heavy atom. The lowest BCUT2D eigenvalue weighted by atomic mass is 10.1. The SMILES string of the molecule is Cc1nc2ccccn2c1C(=O)Nc1ccc2c(c1)N(C(=O)C1CCCC1)CC2. The fraction of sp³-hybridized carbons (Fsp3) is 0.348. The number of benzene rings is 1. The molecule has 5 rings (SSSR count). The number of rotatable bonds is 3. The first kappa shape index (κ1) is 17.9. The Balaban J connectivity index is 1.41. The van der Waals surface area contributed by atoms with Crippen LogP contribution in [0.3, 0.4) is 0 Å². The van der Waals surface area contributed by atoms with Crippen molar-refractivity contribution >= 4 is 28.8 Å². The Morgan fingerprint density at radius 3 is 2.79 bits per heavy atom. The standard InChI is InChI=1S/C23H24N4O2/c1-15-21(27-12-5-4-8-20(27)24-15)22(28)25-18-10-9-16-11-13-26(19(16)14-18)23(29)17-6-2-3-7-17/h4-5,8-10,12,14,17H,2-3,6-7,11,13H2,1H3,(H,25,28). The second kappa shape index (κ2) is 7.03. The van der Waals surface area contributed by atoms with Gasteiger partial charge < -0.3 is 10.2 Å². The first-order chi connectivity index (χ1) is 14.1. The average Bonchev–Trinajstić information content (AvgIpc) is 3.45. The van der Waals surface area contributed by atoms with Crippen LogP contribution in [0.15, 0.2) is 42.6 Å². The molecule has 6 heteroatoms. The Labute approximate surface area is 169 Å². The molecule has 0 bridgehead atoms. The zero-order valence-corrected chi connectivity index (χ0v) is 16.5. The van der Waals surface area contributed by atoms with E-state index in [9.17, 15) is 9.59 Å². The van der Waals surface area contributed by atoms with Gasteiger partial charge in [-0.05, 0) is 56.0 Å². The maximum Gasteiger partial charge on any atom is 0.274 e. The Kier molecular flexibility index (Phi) is 4.34. The van der Waals surface area contributed by atoms with E-state index in [-0.39, 0.29) is 17.7 Å². The van der Waals surface area contributed by atoms with Crippen LogP contribution < -0.4 is 10.2 Å². The molecule has 2 aromatic heterocycles. The molecule has 1 aliphatic carbocycles. The lowest BCUT2D eigenvalue weighted by Gasteiger charge is -2.21. The van der Waals surface area contributed by atoms with Crippen LogP contribution in [-0.2, 0) is 11.2 Å². The van der Waals surface area contributed by atoms with Crippen LogP contribution in [0.1, 0.15) is 47.4 Å². The molecule has 6 nitrogen and oxygen atoms in total. The van der Waals surface area contributed by atoms with Crippen LogP contribution in [-0.4, -0.2) is 27.7 Å². The number of aryl methyl sites for hydroxylation is 1. The number of imidazole rings is 1. The lowest BCUT2D eigenvalue weighted by molar-refractivity contribution is -0.122. The van der Waals surface area contributed by atoms with Gasteiger partial charge in [0.25, 0.3) is 5.91 Å². The largest absolute Gasteiger partial charge is 0.321 e. The third kappa shape index (κ3) is 3.09. The fourth-order valence-electron chi connectivity index (χ4n) is 4.66. The number of carbonyl (C=O) groups is 2. The van der Waals surface area contributed by atoms with E-state index in [2.05, 4.69) is 10.3 Å². The van der Waals surface area contributed by atoms with Crippen LogP contribution >= 0.6 is 0 Å². The topological polar surface area (TPSA) is 66.7 Å². The van der Waals surface area contributed by atoms with Gasteiger partial charge in [-0.2, -0.15) is 0 Å². The van der Waals surface area contributed by atoms with E-state index in [1.165, 1.54) is 5.56 Å². The van der Waals surface area contributed by atoms with Gasteiger partial charge in [0.15, 0.2) is 0 Å². The highest BCUT2D eigenvalue weighted by atomic mass is 16.2. The average molecular weight is 388 g/mol. The van der Waals surface area contributed by atoms with E-state index >= 15 is 0 Å². The first-order valence-corrected chi connectivity index (χ1v) is 10.3. The number of fused-ring (bicyclic) bond motifs is 2. The van der Waals surface area contributed by atoms with Gasteiger partial charge in [0.1, 0.15) is 11.3 Å². The predicted octanol–water partition coefficient (Wildman–Crippen LogP) is 3.97. The molecule has 1 fully saturated rings. The minimum atomic E-state index is -0.201. The van der Waals surface area contributed by atoms with Crippen molar-refractivity contribution in [3.63, 3.8) is 0 Å². The zero-order valence-electron chi connectivity index (χ0n) is 16.5. The van der Waals surface area contributed by atoms with Gasteiger partial charge in [0.05, 0.1) is 5.69 Å². The van der Waals surface area contributed by atoms with Gasteiger partial charge in [-0.25, -0.2) is 4.98 Å². The monoisotopic (exact) mass is 388 g/mol. The molecule has 0 saturated heterocycles. The molecule has 1 aliphatic heterocycles. The summed E-state index contributed by atoms with van der Waals surface area (Å²) in [5.41, 5.74) is 4.77. The summed E-state index contributed by atoms with van der Waals surface area (Å²) < 4.78 is 1.80. The van der Waals surface area contributed by atoms with Gasteiger partial charge in [0.2, 0.25) is 5.91 Å². The Morgan fingerprint density at radius 2 is 1.97 bits per heavy atom. The normalized spacial score (nSPS) is 16.4. The van der Waals surface area contributed by atoms with E-state index in [1.54, 1.807) is 4.40 Å². The molecule has 3 heterocycles. The molecule has 0 unspecified atom stereocenters. The summed E-state index contributed by atoms with van der Waals surface area (Å²) in [5, 5.41) is 3.00. The van der Waals surface area contributed by atoms with Crippen LogP contribution in [0, 0.1) is 12.8 Å². The molecule has 1 saturated carbocycles. The minimum absolute atomic E-state index is 0.153. The highest BCUT2D eigenvalue weighted by Gasteiger charge is 2.32. The minimum Gasteiger partial charge on any atom is -0.321 e. The van der Waals surface area contributed by atoms with Gasteiger partial charge in [-0.3, -0.25) is 14.0 Å². The van der Waals surface area contributed by atoms with Crippen molar-refractivity contribution in [2.45, 2.75) is 39.0 Å². The molecule has 2 aliphatic rings. The quantitative estimate of drug-likeness (QED) is 0.738. The third-order valence-corrected chi connectivity index (χ3v) is 6.13. The summed E-state index contributed by atoms with van der Waals surface area (Å²) in [7, 11) is 0. The highest BCUT2D eigenvalue weighted by molar-refractivity contribution is 6.05. The lowest BCUT2D eigenvalue weighted by Crippen LogP contribution is -2.33. The molecule has 1 aromatic carbocycles. The second-order valence-electron chi connectivity index (χ2n) is 7.99. The second-order valence-corrected chi connectivity index (χ2v) is 7.99. The van der Waals surface area contributed by atoms with Gasteiger partial charge in [-0.15, -0.1) is 0 Å². The highest BCUT2D eigenvalue weighted by Crippen LogP contribution is 2.35. The molecule has 0 atom stereocenters. The van der Waals surface area contributed by atoms with Gasteiger partial charge in [-0.1, -0.05) is 25.0 Å². The van der Waals surface area contributed by atoms with E-state index < -0.39 is 0 Å². The summed E-state index contributed by atoms with van der Waals surface area (Å²) in [6.07, 6.45) is 6.99. The summed E-state index contributed by atoms with van der Waals surface area (Å²) in [6.45, 7) is 2.57. The van der Waals surface area contributed by atoms with Crippen molar-refractivity contribution in [3.8, 4) is 0 Å². The number of anilines is 2. The molecule has 2 amide bonds. The van der Waals surface area contributed by atoms with Gasteiger partial charge in [0, 0.05) is 30.0 Å². The zero-order chi connectivity index (χ0) is 20.0. The molecule has 148 valence electrons. The van der Waals surface area contributed by atoms with Crippen molar-refractivity contribution in [2.75, 3.05) is 16.8 Å². The molecule has 29 heavy (non-hydrogen) atoms. The number of nitrogens with zero attached hydrogens (tertiary/aromatic N) is 3. The number of aromatic nitrogens is 2. The molecule has 3 aromatic rings. The van der Waals surface area contributed by atoms with Crippen molar-refractivity contribution < 1.29 is 9.59 Å². The van der Waals surface area contributed by atoms with Crippen LogP contribution in [0.5, 0.6) is 0 Å². The Hall–Kier alpha value is -3.15. The summed E-state index contributed by atoms with van der Waals surface area (Å²) in [5.74, 6) is 0.190. The van der Waals surface area contributed by atoms with Crippen LogP contribution in [0.25, 0.3) is 5.65 Å². The van der Waals surface area contributed by atoms with E-state index in [0.717, 1.165) is 50.0 Å². The Bertz CT molecular complexity index is 1110. The summed E-state index contributed by atoms with van der Waals surface area (Å²) in [4.78, 5) is 32.3. The maximum atomic E-state index is 13.0. The third-order valence-electron chi connectivity index (χ3n) is 6.13.